The Balaban J connectivity index is 1.71. The molecule has 4 aromatic carbocycles. The SMILES string of the molecule is C=Cc1c(C)c2ccccc2n1-c1cc(C(=N)OC(C)=N)cc(-n2c3ccccc3c3ccccc32)c1. The third kappa shape index (κ3) is 3.55. The van der Waals surface area contributed by atoms with Crippen molar-refractivity contribution in [3.63, 3.8) is 0 Å². The van der Waals surface area contributed by atoms with E-state index in [0.717, 1.165) is 44.6 Å². The zero-order valence-corrected chi connectivity index (χ0v) is 20.7. The molecule has 180 valence electrons. The number of nitrogens with zero attached hydrogens (tertiary/aromatic N) is 2. The summed E-state index contributed by atoms with van der Waals surface area (Å²) in [5.74, 6) is -0.0902. The van der Waals surface area contributed by atoms with Gasteiger partial charge < -0.3 is 13.9 Å². The lowest BCUT2D eigenvalue weighted by atomic mass is 10.1. The molecule has 5 nitrogen and oxygen atoms in total. The van der Waals surface area contributed by atoms with Gasteiger partial charge in [-0.15, -0.1) is 0 Å². The third-order valence-electron chi connectivity index (χ3n) is 6.88. The molecule has 0 bridgehead atoms. The van der Waals surface area contributed by atoms with Gasteiger partial charge in [-0.25, -0.2) is 0 Å². The largest absolute Gasteiger partial charge is 0.426 e. The van der Waals surface area contributed by atoms with Gasteiger partial charge in [-0.1, -0.05) is 61.2 Å². The van der Waals surface area contributed by atoms with Crippen LogP contribution in [0.5, 0.6) is 0 Å². The van der Waals surface area contributed by atoms with Crippen LogP contribution in [-0.4, -0.2) is 20.9 Å². The molecule has 5 heteroatoms. The van der Waals surface area contributed by atoms with Crippen molar-refractivity contribution in [1.29, 1.82) is 10.8 Å². The lowest BCUT2D eigenvalue weighted by Crippen LogP contribution is -2.11. The van der Waals surface area contributed by atoms with Crippen molar-refractivity contribution in [3.05, 3.63) is 114 Å². The van der Waals surface area contributed by atoms with Crippen LogP contribution in [0.25, 0.3) is 50.2 Å². The highest BCUT2D eigenvalue weighted by molar-refractivity contribution is 6.09. The minimum atomic E-state index is -0.0651. The van der Waals surface area contributed by atoms with Crippen molar-refractivity contribution in [2.24, 2.45) is 0 Å². The molecule has 0 aliphatic heterocycles. The predicted molar refractivity (Wildman–Crippen MR) is 154 cm³/mol. The van der Waals surface area contributed by atoms with Crippen LogP contribution >= 0.6 is 0 Å². The second-order valence-corrected chi connectivity index (χ2v) is 9.16. The molecular weight excluding hydrogens is 456 g/mol. The minimum absolute atomic E-state index is 0.0251. The Morgan fingerprint density at radius 3 is 1.76 bits per heavy atom. The van der Waals surface area contributed by atoms with Gasteiger partial charge in [0.05, 0.1) is 16.6 Å². The Kier molecular flexibility index (Phi) is 5.27. The van der Waals surface area contributed by atoms with Gasteiger partial charge in [0.15, 0.2) is 5.90 Å². The lowest BCUT2D eigenvalue weighted by Gasteiger charge is -2.16. The summed E-state index contributed by atoms with van der Waals surface area (Å²) < 4.78 is 9.87. The number of hydrogen-bond acceptors (Lipinski definition) is 3. The average Bonchev–Trinajstić information content (AvgIpc) is 3.40. The van der Waals surface area contributed by atoms with Crippen LogP contribution in [0.4, 0.5) is 0 Å². The van der Waals surface area contributed by atoms with E-state index in [9.17, 15) is 0 Å². The number of nitrogens with one attached hydrogen (secondary N) is 2. The monoisotopic (exact) mass is 482 g/mol. The zero-order valence-electron chi connectivity index (χ0n) is 20.7. The summed E-state index contributed by atoms with van der Waals surface area (Å²) in [6, 6.07) is 31.1. The molecule has 0 atom stereocenters. The number of fused-ring (bicyclic) bond motifs is 4. The van der Waals surface area contributed by atoms with Crippen LogP contribution in [-0.2, 0) is 4.74 Å². The van der Waals surface area contributed by atoms with E-state index in [2.05, 4.69) is 77.2 Å². The summed E-state index contributed by atoms with van der Waals surface area (Å²) in [6.07, 6.45) is 1.88. The van der Waals surface area contributed by atoms with Crippen molar-refractivity contribution in [1.82, 2.24) is 9.13 Å². The Bertz CT molecular complexity index is 1830. The van der Waals surface area contributed by atoms with E-state index >= 15 is 0 Å². The van der Waals surface area contributed by atoms with Crippen LogP contribution in [0.15, 0.2) is 97.6 Å². The van der Waals surface area contributed by atoms with Gasteiger partial charge in [0, 0.05) is 45.7 Å². The van der Waals surface area contributed by atoms with Crippen LogP contribution in [0.2, 0.25) is 0 Å². The summed E-state index contributed by atoms with van der Waals surface area (Å²) in [4.78, 5) is 0. The first-order valence-electron chi connectivity index (χ1n) is 12.2. The predicted octanol–water partition coefficient (Wildman–Crippen LogP) is 8.02. The molecule has 0 spiro atoms. The highest BCUT2D eigenvalue weighted by Gasteiger charge is 2.18. The Morgan fingerprint density at radius 2 is 1.22 bits per heavy atom. The summed E-state index contributed by atoms with van der Waals surface area (Å²) in [7, 11) is 0. The normalized spacial score (nSPS) is 11.3. The minimum Gasteiger partial charge on any atom is -0.426 e. The number of benzene rings is 4. The number of hydrogen-bond donors (Lipinski definition) is 2. The van der Waals surface area contributed by atoms with Crippen molar-refractivity contribution in [2.45, 2.75) is 13.8 Å². The first-order chi connectivity index (χ1) is 18.0. The summed E-state index contributed by atoms with van der Waals surface area (Å²) in [5, 5.41) is 19.9. The van der Waals surface area contributed by atoms with E-state index in [-0.39, 0.29) is 11.8 Å². The van der Waals surface area contributed by atoms with E-state index in [1.807, 2.05) is 42.5 Å². The van der Waals surface area contributed by atoms with Crippen molar-refractivity contribution < 1.29 is 4.74 Å². The van der Waals surface area contributed by atoms with E-state index in [1.54, 1.807) is 0 Å². The fraction of sp³-hybridized carbons (Fsp3) is 0.0625. The molecule has 0 radical (unpaired) electrons. The van der Waals surface area contributed by atoms with E-state index in [4.69, 9.17) is 15.6 Å². The Morgan fingerprint density at radius 1 is 0.730 bits per heavy atom. The highest BCUT2D eigenvalue weighted by Crippen LogP contribution is 2.35. The quantitative estimate of drug-likeness (QED) is 0.194. The van der Waals surface area contributed by atoms with Crippen molar-refractivity contribution in [3.8, 4) is 11.4 Å². The van der Waals surface area contributed by atoms with E-state index in [0.29, 0.717) is 5.56 Å². The maximum absolute atomic E-state index is 8.63. The molecule has 37 heavy (non-hydrogen) atoms. The van der Waals surface area contributed by atoms with Gasteiger partial charge in [0.25, 0.3) is 0 Å². The zero-order chi connectivity index (χ0) is 25.7. The molecule has 0 saturated heterocycles. The number of aromatic nitrogens is 2. The van der Waals surface area contributed by atoms with Gasteiger partial charge in [-0.2, -0.15) is 0 Å². The number of para-hydroxylation sites is 3. The molecule has 6 aromatic rings. The number of rotatable bonds is 4. The van der Waals surface area contributed by atoms with Gasteiger partial charge in [0.2, 0.25) is 5.90 Å². The summed E-state index contributed by atoms with van der Waals surface area (Å²) in [5.41, 5.74) is 7.77. The molecule has 2 aromatic heterocycles. The molecule has 0 aliphatic carbocycles. The molecule has 0 fully saturated rings. The fourth-order valence-corrected chi connectivity index (χ4v) is 5.34. The van der Waals surface area contributed by atoms with E-state index < -0.39 is 0 Å². The first kappa shape index (κ1) is 22.6. The molecule has 0 amide bonds. The second-order valence-electron chi connectivity index (χ2n) is 9.16. The van der Waals surface area contributed by atoms with Gasteiger partial charge >= 0.3 is 0 Å². The number of ether oxygens (including phenoxy) is 1. The maximum Gasteiger partial charge on any atom is 0.220 e. The van der Waals surface area contributed by atoms with Crippen LogP contribution < -0.4 is 0 Å². The second kappa shape index (κ2) is 8.64. The van der Waals surface area contributed by atoms with Crippen LogP contribution in [0.1, 0.15) is 23.7 Å². The smallest absolute Gasteiger partial charge is 0.220 e. The van der Waals surface area contributed by atoms with Crippen molar-refractivity contribution >= 4 is 50.6 Å². The molecule has 0 saturated carbocycles. The first-order valence-corrected chi connectivity index (χ1v) is 12.2. The van der Waals surface area contributed by atoms with Gasteiger partial charge in [0.1, 0.15) is 0 Å². The van der Waals surface area contributed by atoms with Crippen LogP contribution in [0, 0.1) is 17.7 Å². The Hall–Kier alpha value is -4.90. The molecule has 6 rings (SSSR count). The van der Waals surface area contributed by atoms with Gasteiger partial charge in [-0.3, -0.25) is 10.8 Å². The van der Waals surface area contributed by atoms with Crippen LogP contribution in [0.3, 0.4) is 0 Å². The fourth-order valence-electron chi connectivity index (χ4n) is 5.34. The van der Waals surface area contributed by atoms with Crippen molar-refractivity contribution in [2.75, 3.05) is 0 Å². The average molecular weight is 483 g/mol. The standard InChI is InChI=1S/C32H26N4O/c1-4-28-20(2)25-11-5-8-14-29(25)35(28)23-17-22(32(34)37-21(3)33)18-24(19-23)36-30-15-9-6-12-26(30)27-13-7-10-16-31(27)36/h4-19,33-34H,1H2,2-3H3. The van der Waals surface area contributed by atoms with Gasteiger partial charge in [-0.05, 0) is 55.0 Å². The summed E-state index contributed by atoms with van der Waals surface area (Å²) in [6.45, 7) is 7.74. The summed E-state index contributed by atoms with van der Waals surface area (Å²) >= 11 is 0. The Labute approximate surface area is 214 Å². The molecule has 0 aliphatic rings. The topological polar surface area (TPSA) is 66.8 Å². The van der Waals surface area contributed by atoms with E-state index in [1.165, 1.54) is 17.7 Å². The number of aryl methyl sites for hydroxylation is 1. The maximum atomic E-state index is 8.63. The molecular formula is C32H26N4O. The lowest BCUT2D eigenvalue weighted by molar-refractivity contribution is 0.532. The molecule has 2 N–H and O–H groups in total. The highest BCUT2D eigenvalue weighted by atomic mass is 16.5. The molecule has 2 heterocycles. The molecule has 0 unspecified atom stereocenters. The third-order valence-corrected chi connectivity index (χ3v) is 6.88.